The number of carbonyl (C=O) groups is 1. The van der Waals surface area contributed by atoms with Crippen molar-refractivity contribution < 1.29 is 4.79 Å². The molecule has 0 spiro atoms. The van der Waals surface area contributed by atoms with E-state index in [1.165, 1.54) is 0 Å². The summed E-state index contributed by atoms with van der Waals surface area (Å²) >= 11 is 0. The van der Waals surface area contributed by atoms with E-state index in [1.54, 1.807) is 0 Å². The van der Waals surface area contributed by atoms with Gasteiger partial charge in [-0.2, -0.15) is 0 Å². The zero-order valence-electron chi connectivity index (χ0n) is 11.9. The molecule has 0 aliphatic heterocycles. The Morgan fingerprint density at radius 1 is 1.32 bits per heavy atom. The lowest BCUT2D eigenvalue weighted by Gasteiger charge is -2.21. The molecular formula is C16H22N2O. The standard InChI is InChI=1S/C16H22N2O/c1-4-16(2,3)15(19)18-12-14-9-7-13(8-10-14)6-5-11-17/h7-10H,4,11-12,17H2,1-3H3,(H,18,19). The van der Waals surface area contributed by atoms with Gasteiger partial charge in [0.15, 0.2) is 0 Å². The third-order valence-electron chi connectivity index (χ3n) is 3.24. The fraction of sp³-hybridized carbons (Fsp3) is 0.438. The van der Waals surface area contributed by atoms with E-state index in [2.05, 4.69) is 17.2 Å². The summed E-state index contributed by atoms with van der Waals surface area (Å²) < 4.78 is 0. The Morgan fingerprint density at radius 2 is 1.95 bits per heavy atom. The number of benzene rings is 1. The van der Waals surface area contributed by atoms with Crippen molar-refractivity contribution in [3.05, 3.63) is 35.4 Å². The molecule has 0 unspecified atom stereocenters. The molecule has 102 valence electrons. The largest absolute Gasteiger partial charge is 0.352 e. The number of hydrogen-bond acceptors (Lipinski definition) is 2. The maximum absolute atomic E-state index is 11.9. The topological polar surface area (TPSA) is 55.1 Å². The van der Waals surface area contributed by atoms with Gasteiger partial charge in [-0.25, -0.2) is 0 Å². The van der Waals surface area contributed by atoms with E-state index in [4.69, 9.17) is 5.73 Å². The van der Waals surface area contributed by atoms with Gasteiger partial charge in [0.1, 0.15) is 0 Å². The van der Waals surface area contributed by atoms with Crippen LogP contribution in [0.3, 0.4) is 0 Å². The highest BCUT2D eigenvalue weighted by Gasteiger charge is 2.24. The Bertz CT molecular complexity index is 478. The molecule has 3 nitrogen and oxygen atoms in total. The predicted molar refractivity (Wildman–Crippen MR) is 78.3 cm³/mol. The Kier molecular flexibility index (Phi) is 5.59. The molecule has 0 heterocycles. The van der Waals surface area contributed by atoms with E-state index < -0.39 is 0 Å². The molecule has 0 aliphatic carbocycles. The number of carbonyl (C=O) groups excluding carboxylic acids is 1. The second kappa shape index (κ2) is 6.96. The minimum atomic E-state index is -0.313. The fourth-order valence-electron chi connectivity index (χ4n) is 1.44. The third kappa shape index (κ3) is 4.76. The van der Waals surface area contributed by atoms with E-state index in [0.717, 1.165) is 17.5 Å². The summed E-state index contributed by atoms with van der Waals surface area (Å²) in [5.41, 5.74) is 7.01. The van der Waals surface area contributed by atoms with Crippen molar-refractivity contribution in [1.82, 2.24) is 5.32 Å². The van der Waals surface area contributed by atoms with Gasteiger partial charge in [0.05, 0.1) is 6.54 Å². The number of rotatable bonds is 4. The van der Waals surface area contributed by atoms with E-state index >= 15 is 0 Å². The van der Waals surface area contributed by atoms with Gasteiger partial charge in [-0.15, -0.1) is 0 Å². The zero-order chi connectivity index (χ0) is 14.3. The number of amides is 1. The molecule has 0 saturated carbocycles. The van der Waals surface area contributed by atoms with Crippen molar-refractivity contribution in [1.29, 1.82) is 0 Å². The Hall–Kier alpha value is -1.79. The van der Waals surface area contributed by atoms with Crippen LogP contribution in [0.5, 0.6) is 0 Å². The molecule has 0 radical (unpaired) electrons. The molecule has 0 aliphatic rings. The van der Waals surface area contributed by atoms with Crippen LogP contribution >= 0.6 is 0 Å². The van der Waals surface area contributed by atoms with Gasteiger partial charge in [-0.05, 0) is 24.1 Å². The molecule has 0 bridgehead atoms. The van der Waals surface area contributed by atoms with Crippen LogP contribution in [0.25, 0.3) is 0 Å². The zero-order valence-corrected chi connectivity index (χ0v) is 11.9. The smallest absolute Gasteiger partial charge is 0.225 e. The van der Waals surface area contributed by atoms with Gasteiger partial charge in [0, 0.05) is 17.5 Å². The average Bonchev–Trinajstić information content (AvgIpc) is 2.43. The quantitative estimate of drug-likeness (QED) is 0.812. The second-order valence-electron chi connectivity index (χ2n) is 5.12. The van der Waals surface area contributed by atoms with Crippen LogP contribution in [0, 0.1) is 17.3 Å². The Labute approximate surface area is 115 Å². The van der Waals surface area contributed by atoms with E-state index in [9.17, 15) is 4.79 Å². The van der Waals surface area contributed by atoms with Gasteiger partial charge in [0.2, 0.25) is 5.91 Å². The number of nitrogens with two attached hydrogens (primary N) is 1. The third-order valence-corrected chi connectivity index (χ3v) is 3.24. The fourth-order valence-corrected chi connectivity index (χ4v) is 1.44. The highest BCUT2D eigenvalue weighted by Crippen LogP contribution is 2.19. The van der Waals surface area contributed by atoms with Gasteiger partial charge in [-0.3, -0.25) is 4.79 Å². The van der Waals surface area contributed by atoms with Crippen LogP contribution in [0.2, 0.25) is 0 Å². The van der Waals surface area contributed by atoms with Crippen LogP contribution in [0.1, 0.15) is 38.3 Å². The minimum Gasteiger partial charge on any atom is -0.352 e. The highest BCUT2D eigenvalue weighted by molar-refractivity contribution is 5.81. The molecule has 1 rings (SSSR count). The lowest BCUT2D eigenvalue weighted by Crippen LogP contribution is -2.35. The van der Waals surface area contributed by atoms with Crippen LogP contribution in [-0.2, 0) is 11.3 Å². The maximum Gasteiger partial charge on any atom is 0.225 e. The van der Waals surface area contributed by atoms with Crippen LogP contribution in [0.4, 0.5) is 0 Å². The predicted octanol–water partition coefficient (Wildman–Crippen LogP) is 2.05. The summed E-state index contributed by atoms with van der Waals surface area (Å²) in [7, 11) is 0. The summed E-state index contributed by atoms with van der Waals surface area (Å²) in [6.45, 7) is 6.84. The van der Waals surface area contributed by atoms with Gasteiger partial charge < -0.3 is 11.1 Å². The maximum atomic E-state index is 11.9. The van der Waals surface area contributed by atoms with E-state index in [0.29, 0.717) is 13.1 Å². The summed E-state index contributed by atoms with van der Waals surface area (Å²) in [5, 5.41) is 2.96. The Morgan fingerprint density at radius 3 is 2.47 bits per heavy atom. The van der Waals surface area contributed by atoms with Crippen molar-refractivity contribution in [2.24, 2.45) is 11.1 Å². The first-order valence-corrected chi connectivity index (χ1v) is 6.56. The summed E-state index contributed by atoms with van der Waals surface area (Å²) in [4.78, 5) is 11.9. The average molecular weight is 258 g/mol. The molecule has 1 aromatic carbocycles. The first-order chi connectivity index (χ1) is 8.99. The normalized spacial score (nSPS) is 10.5. The number of hydrogen-bond donors (Lipinski definition) is 2. The van der Waals surface area contributed by atoms with Crippen molar-refractivity contribution in [3.8, 4) is 11.8 Å². The molecule has 3 N–H and O–H groups in total. The Balaban J connectivity index is 2.57. The first kappa shape index (κ1) is 15.3. The van der Waals surface area contributed by atoms with Crippen LogP contribution in [0.15, 0.2) is 24.3 Å². The monoisotopic (exact) mass is 258 g/mol. The molecule has 1 aromatic rings. The molecule has 19 heavy (non-hydrogen) atoms. The van der Waals surface area contributed by atoms with Gasteiger partial charge >= 0.3 is 0 Å². The summed E-state index contributed by atoms with van der Waals surface area (Å²) in [5.74, 6) is 5.86. The summed E-state index contributed by atoms with van der Waals surface area (Å²) in [6.07, 6.45) is 0.826. The second-order valence-corrected chi connectivity index (χ2v) is 5.12. The molecule has 1 amide bonds. The molecule has 0 aromatic heterocycles. The van der Waals surface area contributed by atoms with Crippen LogP contribution < -0.4 is 11.1 Å². The summed E-state index contributed by atoms with van der Waals surface area (Å²) in [6, 6.07) is 7.82. The SMILES string of the molecule is CCC(C)(C)C(=O)NCc1ccc(C#CCN)cc1. The van der Waals surface area contributed by atoms with Crippen molar-refractivity contribution >= 4 is 5.91 Å². The van der Waals surface area contributed by atoms with Crippen molar-refractivity contribution in [2.45, 2.75) is 33.7 Å². The molecular weight excluding hydrogens is 236 g/mol. The number of nitrogens with one attached hydrogen (secondary N) is 1. The molecule has 3 heteroatoms. The lowest BCUT2D eigenvalue weighted by atomic mass is 9.89. The lowest BCUT2D eigenvalue weighted by molar-refractivity contribution is -0.129. The molecule has 0 atom stereocenters. The van der Waals surface area contributed by atoms with E-state index in [-0.39, 0.29) is 11.3 Å². The molecule has 0 saturated heterocycles. The van der Waals surface area contributed by atoms with Crippen LogP contribution in [-0.4, -0.2) is 12.5 Å². The first-order valence-electron chi connectivity index (χ1n) is 6.56. The van der Waals surface area contributed by atoms with Gasteiger partial charge in [0.25, 0.3) is 0 Å². The minimum absolute atomic E-state index is 0.0852. The highest BCUT2D eigenvalue weighted by atomic mass is 16.2. The van der Waals surface area contributed by atoms with E-state index in [1.807, 2.05) is 45.0 Å². The van der Waals surface area contributed by atoms with Crippen molar-refractivity contribution in [3.63, 3.8) is 0 Å². The molecule has 0 fully saturated rings. The van der Waals surface area contributed by atoms with Gasteiger partial charge in [-0.1, -0.05) is 44.7 Å². The van der Waals surface area contributed by atoms with Crippen molar-refractivity contribution in [2.75, 3.05) is 6.54 Å².